The van der Waals surface area contributed by atoms with Crippen LogP contribution in [0.1, 0.15) is 11.5 Å². The van der Waals surface area contributed by atoms with Gasteiger partial charge in [-0.1, -0.05) is 35.3 Å². The lowest BCUT2D eigenvalue weighted by Crippen LogP contribution is -2.34. The van der Waals surface area contributed by atoms with Crippen molar-refractivity contribution in [1.82, 2.24) is 0 Å². The fraction of sp³-hybridized carbons (Fsp3) is 0.222. The molecule has 2 aromatic carbocycles. The fourth-order valence-electron chi connectivity index (χ4n) is 3.56. The number of anilines is 1. The van der Waals surface area contributed by atoms with E-state index >= 15 is 0 Å². The van der Waals surface area contributed by atoms with Crippen molar-refractivity contribution >= 4 is 40.7 Å². The fourth-order valence-corrected chi connectivity index (χ4v) is 4.08. The molecule has 0 aromatic heterocycles. The molecule has 1 heterocycles. The number of hydrogen-bond acceptors (Lipinski definition) is 3. The van der Waals surface area contributed by atoms with Gasteiger partial charge in [-0.3, -0.25) is 9.59 Å². The lowest BCUT2D eigenvalue weighted by Gasteiger charge is -2.19. The van der Waals surface area contributed by atoms with E-state index in [-0.39, 0.29) is 23.5 Å². The molecule has 1 saturated heterocycles. The van der Waals surface area contributed by atoms with Crippen molar-refractivity contribution in [2.45, 2.75) is 12.3 Å². The Morgan fingerprint density at radius 2 is 1.37 bits per heavy atom. The molecule has 140 valence electrons. The summed E-state index contributed by atoms with van der Waals surface area (Å²) in [4.78, 5) is 26.4. The standard InChI is InChI=1S/C18H10Cl2F3NO3/c19-9-5-10(20)7-11(6-9)24-16(25)14-13(15(14)17(24)26)8-1-3-12(4-2-8)27-18(21,22)23/h1-7,13-15H. The molecule has 1 saturated carbocycles. The highest BCUT2D eigenvalue weighted by molar-refractivity contribution is 6.36. The van der Waals surface area contributed by atoms with E-state index in [2.05, 4.69) is 4.74 Å². The lowest BCUT2D eigenvalue weighted by molar-refractivity contribution is -0.274. The Balaban J connectivity index is 1.53. The molecule has 2 aromatic rings. The van der Waals surface area contributed by atoms with Gasteiger partial charge in [0.25, 0.3) is 0 Å². The summed E-state index contributed by atoms with van der Waals surface area (Å²) in [6.45, 7) is 0. The Morgan fingerprint density at radius 3 is 1.85 bits per heavy atom. The molecule has 4 nitrogen and oxygen atoms in total. The summed E-state index contributed by atoms with van der Waals surface area (Å²) in [5, 5.41) is 0.603. The van der Waals surface area contributed by atoms with Crippen molar-refractivity contribution in [3.63, 3.8) is 0 Å². The van der Waals surface area contributed by atoms with Crippen molar-refractivity contribution < 1.29 is 27.5 Å². The molecule has 27 heavy (non-hydrogen) atoms. The van der Waals surface area contributed by atoms with Crippen molar-refractivity contribution in [2.75, 3.05) is 4.90 Å². The van der Waals surface area contributed by atoms with Crippen molar-refractivity contribution in [3.05, 3.63) is 58.1 Å². The van der Waals surface area contributed by atoms with Crippen LogP contribution in [-0.4, -0.2) is 18.2 Å². The van der Waals surface area contributed by atoms with Gasteiger partial charge in [0.05, 0.1) is 17.5 Å². The number of amides is 2. The van der Waals surface area contributed by atoms with E-state index in [1.807, 2.05) is 0 Å². The SMILES string of the molecule is O=C1C2C(C(=O)N1c1cc(Cl)cc(Cl)c1)C2c1ccc(OC(F)(F)F)cc1. The number of ether oxygens (including phenoxy) is 1. The number of benzene rings is 2. The zero-order chi connectivity index (χ0) is 19.5. The third kappa shape index (κ3) is 3.26. The maximum absolute atomic E-state index is 12.7. The first-order valence-electron chi connectivity index (χ1n) is 7.85. The Kier molecular flexibility index (Phi) is 4.12. The van der Waals surface area contributed by atoms with Crippen LogP contribution in [0.15, 0.2) is 42.5 Å². The summed E-state index contributed by atoms with van der Waals surface area (Å²) in [6.07, 6.45) is -4.78. The molecular weight excluding hydrogens is 406 g/mol. The third-order valence-corrected chi connectivity index (χ3v) is 5.07. The number of fused-ring (bicyclic) bond motifs is 1. The van der Waals surface area contributed by atoms with Crippen LogP contribution in [0, 0.1) is 11.8 Å². The van der Waals surface area contributed by atoms with Gasteiger partial charge in [0.15, 0.2) is 0 Å². The molecule has 9 heteroatoms. The van der Waals surface area contributed by atoms with Gasteiger partial charge in [-0.05, 0) is 35.9 Å². The molecule has 0 bridgehead atoms. The van der Waals surface area contributed by atoms with Gasteiger partial charge in [-0.25, -0.2) is 4.90 Å². The van der Waals surface area contributed by atoms with Gasteiger partial charge in [0, 0.05) is 16.0 Å². The first-order chi connectivity index (χ1) is 12.7. The van der Waals surface area contributed by atoms with Crippen LogP contribution in [0.5, 0.6) is 5.75 Å². The minimum atomic E-state index is -4.78. The third-order valence-electron chi connectivity index (χ3n) is 4.63. The van der Waals surface area contributed by atoms with E-state index in [1.54, 1.807) is 0 Å². The van der Waals surface area contributed by atoms with Crippen LogP contribution in [0.25, 0.3) is 0 Å². The quantitative estimate of drug-likeness (QED) is 0.676. The number of imide groups is 1. The summed E-state index contributed by atoms with van der Waals surface area (Å²) in [5.74, 6) is -2.53. The van der Waals surface area contributed by atoms with Gasteiger partial charge < -0.3 is 4.74 Å². The number of alkyl halides is 3. The second kappa shape index (κ2) is 6.14. The number of piperidine rings is 1. The van der Waals surface area contributed by atoms with E-state index in [0.29, 0.717) is 21.3 Å². The summed E-state index contributed by atoms with van der Waals surface area (Å²) in [6, 6.07) is 9.65. The molecule has 2 aliphatic rings. The second-order valence-corrected chi connectivity index (χ2v) is 7.21. The van der Waals surface area contributed by atoms with Crippen molar-refractivity contribution in [2.24, 2.45) is 11.8 Å². The van der Waals surface area contributed by atoms with Gasteiger partial charge in [-0.15, -0.1) is 13.2 Å². The number of carbonyl (C=O) groups is 2. The largest absolute Gasteiger partial charge is 0.573 e. The van der Waals surface area contributed by atoms with Crippen LogP contribution >= 0.6 is 23.2 Å². The molecule has 2 fully saturated rings. The maximum Gasteiger partial charge on any atom is 0.573 e. The number of hydrogen-bond donors (Lipinski definition) is 0. The van der Waals surface area contributed by atoms with Crippen molar-refractivity contribution in [3.8, 4) is 5.75 Å². The minimum absolute atomic E-state index is 0.301. The molecule has 0 spiro atoms. The predicted molar refractivity (Wildman–Crippen MR) is 91.8 cm³/mol. The highest BCUT2D eigenvalue weighted by Crippen LogP contribution is 2.60. The molecule has 0 N–H and O–H groups in total. The van der Waals surface area contributed by atoms with Crippen LogP contribution in [0.4, 0.5) is 18.9 Å². The van der Waals surface area contributed by atoms with Gasteiger partial charge in [0.2, 0.25) is 11.8 Å². The minimum Gasteiger partial charge on any atom is -0.406 e. The van der Waals surface area contributed by atoms with E-state index in [9.17, 15) is 22.8 Å². The molecule has 2 unspecified atom stereocenters. The van der Waals surface area contributed by atoms with Gasteiger partial charge in [-0.2, -0.15) is 0 Å². The number of rotatable bonds is 3. The van der Waals surface area contributed by atoms with Crippen LogP contribution in [0.3, 0.4) is 0 Å². The Morgan fingerprint density at radius 1 is 0.852 bits per heavy atom. The maximum atomic E-state index is 12.7. The lowest BCUT2D eigenvalue weighted by atomic mass is 10.1. The summed E-state index contributed by atoms with van der Waals surface area (Å²) >= 11 is 11.9. The van der Waals surface area contributed by atoms with E-state index in [0.717, 1.165) is 4.90 Å². The van der Waals surface area contributed by atoms with E-state index in [1.165, 1.54) is 42.5 Å². The molecule has 2 atom stereocenters. The van der Waals surface area contributed by atoms with Crippen LogP contribution < -0.4 is 9.64 Å². The first-order valence-corrected chi connectivity index (χ1v) is 8.61. The molecule has 0 radical (unpaired) electrons. The topological polar surface area (TPSA) is 46.6 Å². The highest BCUT2D eigenvalue weighted by Gasteiger charge is 2.67. The van der Waals surface area contributed by atoms with E-state index in [4.69, 9.17) is 23.2 Å². The van der Waals surface area contributed by atoms with Crippen LogP contribution in [-0.2, 0) is 9.59 Å². The highest BCUT2D eigenvalue weighted by atomic mass is 35.5. The Bertz CT molecular complexity index is 904. The summed E-state index contributed by atoms with van der Waals surface area (Å²) in [5.41, 5.74) is 0.923. The monoisotopic (exact) mass is 415 g/mol. The molecule has 2 amide bonds. The number of halogens is 5. The van der Waals surface area contributed by atoms with Crippen molar-refractivity contribution in [1.29, 1.82) is 0 Å². The predicted octanol–water partition coefficient (Wildman–Crippen LogP) is 4.80. The average Bonchev–Trinajstić information content (AvgIpc) is 3.22. The van der Waals surface area contributed by atoms with E-state index < -0.39 is 18.2 Å². The van der Waals surface area contributed by atoms with Crippen LogP contribution in [0.2, 0.25) is 10.0 Å². The zero-order valence-corrected chi connectivity index (χ0v) is 14.8. The smallest absolute Gasteiger partial charge is 0.406 e. The summed E-state index contributed by atoms with van der Waals surface area (Å²) < 4.78 is 40.5. The molecule has 1 aliphatic heterocycles. The normalized spacial score (nSPS) is 24.2. The Labute approximate surface area is 161 Å². The number of carbonyl (C=O) groups excluding carboxylic acids is 2. The van der Waals surface area contributed by atoms with Gasteiger partial charge >= 0.3 is 6.36 Å². The average molecular weight is 416 g/mol. The first kappa shape index (κ1) is 18.1. The molecule has 1 aliphatic carbocycles. The number of nitrogens with zero attached hydrogens (tertiary/aromatic N) is 1. The van der Waals surface area contributed by atoms with Gasteiger partial charge in [0.1, 0.15) is 5.75 Å². The molecule has 4 rings (SSSR count). The second-order valence-electron chi connectivity index (χ2n) is 6.33. The molecular formula is C18H10Cl2F3NO3. The Hall–Kier alpha value is -2.25. The zero-order valence-electron chi connectivity index (χ0n) is 13.3. The summed E-state index contributed by atoms with van der Waals surface area (Å²) in [7, 11) is 0.